The van der Waals surface area contributed by atoms with Crippen LogP contribution in [0.2, 0.25) is 0 Å². The van der Waals surface area contributed by atoms with Gasteiger partial charge in [0.25, 0.3) is 0 Å². The van der Waals surface area contributed by atoms with Crippen LogP contribution < -0.4 is 5.32 Å². The van der Waals surface area contributed by atoms with Crippen LogP contribution in [0, 0.1) is 11.7 Å². The van der Waals surface area contributed by atoms with Crippen LogP contribution in [-0.4, -0.2) is 67.2 Å². The minimum Gasteiger partial charge on any atom is -0.369 e. The van der Waals surface area contributed by atoms with Gasteiger partial charge in [0.1, 0.15) is 17.5 Å². The first-order valence-corrected chi connectivity index (χ1v) is 9.14. The molecule has 1 unspecified atom stereocenters. The van der Waals surface area contributed by atoms with E-state index in [1.54, 1.807) is 13.1 Å². The summed E-state index contributed by atoms with van der Waals surface area (Å²) in [7, 11) is 1.68. The van der Waals surface area contributed by atoms with Crippen molar-refractivity contribution in [1.29, 1.82) is 0 Å². The first kappa shape index (κ1) is 16.9. The minimum atomic E-state index is -0.204. The van der Waals surface area contributed by atoms with Gasteiger partial charge in [-0.15, -0.1) is 0 Å². The van der Waals surface area contributed by atoms with E-state index in [1.807, 2.05) is 12.1 Å². The number of nitrogens with zero attached hydrogens (tertiary/aromatic N) is 2. The fourth-order valence-corrected chi connectivity index (χ4v) is 4.06. The molecule has 1 atom stereocenters. The summed E-state index contributed by atoms with van der Waals surface area (Å²) in [5.74, 6) is 0.623. The lowest BCUT2D eigenvalue weighted by Gasteiger charge is -2.55. The highest BCUT2D eigenvalue weighted by molar-refractivity contribution is 5.81. The number of ether oxygens (including phenoxy) is 1. The maximum atomic E-state index is 13.8. The average molecular weight is 347 g/mol. The molecule has 5 nitrogen and oxygen atoms in total. The molecule has 1 spiro atoms. The second-order valence-corrected chi connectivity index (χ2v) is 7.73. The quantitative estimate of drug-likeness (QED) is 0.870. The Hall–Kier alpha value is -1.50. The first-order valence-electron chi connectivity index (χ1n) is 9.14. The molecule has 25 heavy (non-hydrogen) atoms. The second-order valence-electron chi connectivity index (χ2n) is 7.73. The highest BCUT2D eigenvalue weighted by Gasteiger charge is 2.51. The van der Waals surface area contributed by atoms with Crippen LogP contribution >= 0.6 is 0 Å². The summed E-state index contributed by atoms with van der Waals surface area (Å²) in [5.41, 5.74) is 0.524. The van der Waals surface area contributed by atoms with Crippen molar-refractivity contribution in [3.8, 4) is 0 Å². The van der Waals surface area contributed by atoms with Crippen molar-refractivity contribution in [3.05, 3.63) is 35.6 Å². The molecule has 1 amide bonds. The molecular weight excluding hydrogens is 321 g/mol. The number of nitrogens with one attached hydrogen (secondary N) is 1. The number of halogens is 1. The van der Waals surface area contributed by atoms with Crippen molar-refractivity contribution in [1.82, 2.24) is 15.1 Å². The topological polar surface area (TPSA) is 44.8 Å². The smallest absolute Gasteiger partial charge is 0.239 e. The zero-order valence-electron chi connectivity index (χ0n) is 14.7. The third kappa shape index (κ3) is 3.57. The molecule has 0 aromatic heterocycles. The second kappa shape index (κ2) is 6.67. The Bertz CT molecular complexity index is 643. The van der Waals surface area contributed by atoms with E-state index < -0.39 is 0 Å². The summed E-state index contributed by atoms with van der Waals surface area (Å²) in [4.78, 5) is 16.7. The molecule has 1 aliphatic carbocycles. The predicted molar refractivity (Wildman–Crippen MR) is 92.5 cm³/mol. The van der Waals surface area contributed by atoms with Gasteiger partial charge in [-0.2, -0.15) is 0 Å². The van der Waals surface area contributed by atoms with Crippen LogP contribution in [0.5, 0.6) is 0 Å². The van der Waals surface area contributed by atoms with Gasteiger partial charge in [0.2, 0.25) is 5.91 Å². The van der Waals surface area contributed by atoms with E-state index in [4.69, 9.17) is 4.74 Å². The summed E-state index contributed by atoms with van der Waals surface area (Å²) in [6.07, 6.45) is 2.54. The van der Waals surface area contributed by atoms with E-state index in [9.17, 15) is 9.18 Å². The number of likely N-dealkylation sites (tertiary alicyclic amines) is 1. The molecule has 4 rings (SSSR count). The molecule has 1 N–H and O–H groups in total. The SMILES string of the molecule is CNC(=O)C1COC2(CN(Cc3ccccc3F)C2)CN1CC1CC1. The van der Waals surface area contributed by atoms with Gasteiger partial charge in [-0.3, -0.25) is 14.6 Å². The molecule has 3 aliphatic rings. The van der Waals surface area contributed by atoms with E-state index >= 15 is 0 Å². The molecular formula is C19H26FN3O2. The largest absolute Gasteiger partial charge is 0.369 e. The lowest BCUT2D eigenvalue weighted by molar-refractivity contribution is -0.203. The van der Waals surface area contributed by atoms with Crippen LogP contribution in [0.15, 0.2) is 24.3 Å². The number of morpholine rings is 1. The van der Waals surface area contributed by atoms with Crippen LogP contribution in [0.3, 0.4) is 0 Å². The van der Waals surface area contributed by atoms with Gasteiger partial charge in [-0.25, -0.2) is 4.39 Å². The fourth-order valence-electron chi connectivity index (χ4n) is 4.06. The van der Waals surface area contributed by atoms with Crippen LogP contribution in [0.4, 0.5) is 4.39 Å². The first-order chi connectivity index (χ1) is 12.1. The van der Waals surface area contributed by atoms with Crippen LogP contribution in [0.25, 0.3) is 0 Å². The maximum Gasteiger partial charge on any atom is 0.239 e. The molecule has 3 fully saturated rings. The molecule has 1 aromatic rings. The van der Waals surface area contributed by atoms with Gasteiger partial charge in [0.15, 0.2) is 0 Å². The number of rotatable bonds is 5. The van der Waals surface area contributed by atoms with Crippen molar-refractivity contribution >= 4 is 5.91 Å². The zero-order valence-corrected chi connectivity index (χ0v) is 14.7. The van der Waals surface area contributed by atoms with E-state index in [1.165, 1.54) is 18.9 Å². The van der Waals surface area contributed by atoms with Crippen molar-refractivity contribution < 1.29 is 13.9 Å². The van der Waals surface area contributed by atoms with Gasteiger partial charge >= 0.3 is 0 Å². The van der Waals surface area contributed by atoms with Crippen molar-refractivity contribution in [2.75, 3.05) is 39.8 Å². The summed E-state index contributed by atoms with van der Waals surface area (Å²) < 4.78 is 20.0. The standard InChI is InChI=1S/C19H26FN3O2/c1-21-18(24)17-10-25-19(13-23(17)8-14-6-7-14)11-22(12-19)9-15-4-2-3-5-16(15)20/h2-5,14,17H,6-13H2,1H3,(H,21,24). The zero-order chi connectivity index (χ0) is 17.4. The van der Waals surface area contributed by atoms with Gasteiger partial charge in [-0.1, -0.05) is 18.2 Å². The lowest BCUT2D eigenvalue weighted by atomic mass is 9.89. The van der Waals surface area contributed by atoms with Crippen molar-refractivity contribution in [2.45, 2.75) is 31.0 Å². The predicted octanol–water partition coefficient (Wildman–Crippen LogP) is 1.24. The minimum absolute atomic E-state index is 0.0398. The molecule has 2 aliphatic heterocycles. The van der Waals surface area contributed by atoms with Gasteiger partial charge < -0.3 is 10.1 Å². The van der Waals surface area contributed by atoms with E-state index in [2.05, 4.69) is 15.1 Å². The Morgan fingerprint density at radius 1 is 1.32 bits per heavy atom. The number of carbonyl (C=O) groups excluding carboxylic acids is 1. The van der Waals surface area contributed by atoms with Gasteiger partial charge in [-0.05, 0) is 24.8 Å². The van der Waals surface area contributed by atoms with Crippen LogP contribution in [0.1, 0.15) is 18.4 Å². The number of hydrogen-bond acceptors (Lipinski definition) is 4. The Morgan fingerprint density at radius 3 is 2.76 bits per heavy atom. The van der Waals surface area contributed by atoms with Crippen LogP contribution in [-0.2, 0) is 16.1 Å². The van der Waals surface area contributed by atoms with Gasteiger partial charge in [0.05, 0.1) is 6.61 Å². The molecule has 1 saturated carbocycles. The number of amides is 1. The Morgan fingerprint density at radius 2 is 2.08 bits per heavy atom. The number of hydrogen-bond donors (Lipinski definition) is 1. The molecule has 1 aromatic carbocycles. The number of benzene rings is 1. The van der Waals surface area contributed by atoms with E-state index in [-0.39, 0.29) is 23.4 Å². The highest BCUT2D eigenvalue weighted by atomic mass is 19.1. The third-order valence-corrected chi connectivity index (χ3v) is 5.59. The van der Waals surface area contributed by atoms with E-state index in [0.29, 0.717) is 13.2 Å². The molecule has 2 saturated heterocycles. The van der Waals surface area contributed by atoms with Crippen molar-refractivity contribution in [3.63, 3.8) is 0 Å². The van der Waals surface area contributed by atoms with Crippen molar-refractivity contribution in [2.24, 2.45) is 5.92 Å². The number of carbonyl (C=O) groups is 1. The molecule has 136 valence electrons. The Balaban J connectivity index is 1.37. The van der Waals surface area contributed by atoms with Gasteiger partial charge in [0, 0.05) is 45.3 Å². The normalized spacial score (nSPS) is 26.4. The summed E-state index contributed by atoms with van der Waals surface area (Å²) in [6.45, 7) is 4.41. The monoisotopic (exact) mass is 347 g/mol. The highest BCUT2D eigenvalue weighted by Crippen LogP contribution is 2.36. The van der Waals surface area contributed by atoms with E-state index in [0.717, 1.165) is 37.7 Å². The maximum absolute atomic E-state index is 13.8. The molecule has 6 heteroatoms. The number of likely N-dealkylation sites (N-methyl/N-ethyl adjacent to an activating group) is 1. The Labute approximate surface area is 148 Å². The summed E-state index contributed by atoms with van der Waals surface area (Å²) >= 11 is 0. The Kier molecular flexibility index (Phi) is 4.52. The molecule has 0 bridgehead atoms. The lowest BCUT2D eigenvalue weighted by Crippen LogP contribution is -2.72. The average Bonchev–Trinajstić information content (AvgIpc) is 3.39. The summed E-state index contributed by atoms with van der Waals surface area (Å²) in [6, 6.07) is 6.75. The summed E-state index contributed by atoms with van der Waals surface area (Å²) in [5, 5.41) is 2.76. The third-order valence-electron chi connectivity index (χ3n) is 5.59. The molecule has 2 heterocycles. The molecule has 0 radical (unpaired) electrons. The fraction of sp³-hybridized carbons (Fsp3) is 0.632.